The van der Waals surface area contributed by atoms with Crippen molar-refractivity contribution >= 4 is 15.8 Å². The molecule has 106 valence electrons. The number of anilines is 1. The second kappa shape index (κ2) is 5.85. The summed E-state index contributed by atoms with van der Waals surface area (Å²) in [7, 11) is -1.84. The fourth-order valence-electron chi connectivity index (χ4n) is 1.97. The number of sulfonamides is 1. The van der Waals surface area contributed by atoms with Crippen LogP contribution in [0.4, 0.5) is 5.82 Å². The van der Waals surface area contributed by atoms with Crippen LogP contribution in [0.5, 0.6) is 0 Å². The van der Waals surface area contributed by atoms with E-state index in [1.165, 1.54) is 6.20 Å². The minimum Gasteiger partial charge on any atom is -0.381 e. The van der Waals surface area contributed by atoms with Crippen LogP contribution >= 0.6 is 0 Å². The maximum absolute atomic E-state index is 12.1. The van der Waals surface area contributed by atoms with E-state index in [0.717, 1.165) is 19.4 Å². The van der Waals surface area contributed by atoms with E-state index in [1.54, 1.807) is 19.2 Å². The summed E-state index contributed by atoms with van der Waals surface area (Å²) >= 11 is 0. The average Bonchev–Trinajstić information content (AvgIpc) is 2.34. The van der Waals surface area contributed by atoms with Crippen LogP contribution in [0.1, 0.15) is 19.8 Å². The molecule has 1 fully saturated rings. The Labute approximate surface area is 113 Å². The van der Waals surface area contributed by atoms with Crippen LogP contribution in [0.3, 0.4) is 0 Å². The molecule has 2 rings (SSSR count). The zero-order valence-corrected chi connectivity index (χ0v) is 11.9. The zero-order valence-electron chi connectivity index (χ0n) is 11.1. The highest BCUT2D eigenvalue weighted by Gasteiger charge is 2.32. The third-order valence-electron chi connectivity index (χ3n) is 3.15. The standard InChI is InChI=1S/C12H19N3O3S/c1-3-13-12-5-4-11(8-14-12)19(16,17)15-9-6-10(7-9)18-2/h4-5,8-10,15H,3,6-7H2,1-2H3,(H,13,14). The summed E-state index contributed by atoms with van der Waals surface area (Å²) in [6, 6.07) is 3.18. The number of nitrogens with zero attached hydrogens (tertiary/aromatic N) is 1. The monoisotopic (exact) mass is 285 g/mol. The van der Waals surface area contributed by atoms with Crippen molar-refractivity contribution in [2.75, 3.05) is 19.0 Å². The summed E-state index contributed by atoms with van der Waals surface area (Å²) in [6.45, 7) is 2.70. The van der Waals surface area contributed by atoms with Gasteiger partial charge in [-0.1, -0.05) is 0 Å². The summed E-state index contributed by atoms with van der Waals surface area (Å²) in [4.78, 5) is 4.25. The molecule has 0 radical (unpaired) electrons. The highest BCUT2D eigenvalue weighted by atomic mass is 32.2. The number of pyridine rings is 1. The second-order valence-electron chi connectivity index (χ2n) is 4.56. The van der Waals surface area contributed by atoms with E-state index in [2.05, 4.69) is 15.0 Å². The van der Waals surface area contributed by atoms with Crippen molar-refractivity contribution in [2.45, 2.75) is 36.8 Å². The van der Waals surface area contributed by atoms with Gasteiger partial charge >= 0.3 is 0 Å². The van der Waals surface area contributed by atoms with Gasteiger partial charge in [-0.05, 0) is 31.9 Å². The summed E-state index contributed by atoms with van der Waals surface area (Å²) in [6.07, 6.45) is 2.98. The van der Waals surface area contributed by atoms with Crippen molar-refractivity contribution < 1.29 is 13.2 Å². The maximum Gasteiger partial charge on any atom is 0.242 e. The van der Waals surface area contributed by atoms with Crippen molar-refractivity contribution in [1.29, 1.82) is 0 Å². The highest BCUT2D eigenvalue weighted by molar-refractivity contribution is 7.89. The van der Waals surface area contributed by atoms with Gasteiger partial charge in [-0.2, -0.15) is 0 Å². The van der Waals surface area contributed by atoms with E-state index >= 15 is 0 Å². The fourth-order valence-corrected chi connectivity index (χ4v) is 3.17. The van der Waals surface area contributed by atoms with Gasteiger partial charge in [-0.3, -0.25) is 0 Å². The molecule has 0 aromatic carbocycles. The smallest absolute Gasteiger partial charge is 0.242 e. The molecule has 1 aromatic heterocycles. The lowest BCUT2D eigenvalue weighted by atomic mass is 9.90. The number of hydrogen-bond acceptors (Lipinski definition) is 5. The highest BCUT2D eigenvalue weighted by Crippen LogP contribution is 2.24. The average molecular weight is 285 g/mol. The predicted molar refractivity (Wildman–Crippen MR) is 72.5 cm³/mol. The lowest BCUT2D eigenvalue weighted by molar-refractivity contribution is 0.0236. The summed E-state index contributed by atoms with van der Waals surface area (Å²) in [5, 5.41) is 3.02. The molecule has 6 nitrogen and oxygen atoms in total. The number of nitrogens with one attached hydrogen (secondary N) is 2. The molecule has 1 aliphatic carbocycles. The van der Waals surface area contributed by atoms with Crippen molar-refractivity contribution in [3.63, 3.8) is 0 Å². The summed E-state index contributed by atoms with van der Waals surface area (Å²) in [5.41, 5.74) is 0. The minimum absolute atomic E-state index is 0.0385. The van der Waals surface area contributed by atoms with Crippen LogP contribution < -0.4 is 10.0 Å². The third-order valence-corrected chi connectivity index (χ3v) is 4.66. The first-order chi connectivity index (χ1) is 9.05. The van der Waals surface area contributed by atoms with E-state index in [9.17, 15) is 8.42 Å². The molecule has 0 unspecified atom stereocenters. The Kier molecular flexibility index (Phi) is 4.38. The third kappa shape index (κ3) is 3.43. The molecule has 1 heterocycles. The number of hydrogen-bond donors (Lipinski definition) is 2. The van der Waals surface area contributed by atoms with Crippen LogP contribution in [0.25, 0.3) is 0 Å². The van der Waals surface area contributed by atoms with E-state index in [0.29, 0.717) is 5.82 Å². The molecule has 1 saturated carbocycles. The Bertz CT molecular complexity index is 510. The molecule has 0 saturated heterocycles. The normalized spacial score (nSPS) is 22.8. The molecule has 0 amide bonds. The second-order valence-corrected chi connectivity index (χ2v) is 6.27. The Morgan fingerprint density at radius 1 is 1.42 bits per heavy atom. The Hall–Kier alpha value is -1.18. The molecule has 7 heteroatoms. The largest absolute Gasteiger partial charge is 0.381 e. The SMILES string of the molecule is CCNc1ccc(S(=O)(=O)NC2CC(OC)C2)cn1. The molecule has 0 spiro atoms. The predicted octanol–water partition coefficient (Wildman–Crippen LogP) is 0.969. The van der Waals surface area contributed by atoms with Crippen LogP contribution in [0.15, 0.2) is 23.2 Å². The van der Waals surface area contributed by atoms with E-state index in [4.69, 9.17) is 4.74 Å². The van der Waals surface area contributed by atoms with Crippen molar-refractivity contribution in [3.05, 3.63) is 18.3 Å². The Balaban J connectivity index is 1.99. The Morgan fingerprint density at radius 3 is 2.68 bits per heavy atom. The number of methoxy groups -OCH3 is 1. The molecule has 2 N–H and O–H groups in total. The van der Waals surface area contributed by atoms with E-state index in [-0.39, 0.29) is 17.0 Å². The lowest BCUT2D eigenvalue weighted by Gasteiger charge is -2.34. The molecule has 19 heavy (non-hydrogen) atoms. The van der Waals surface area contributed by atoms with Crippen LogP contribution in [0, 0.1) is 0 Å². The first-order valence-corrected chi connectivity index (χ1v) is 7.78. The van der Waals surface area contributed by atoms with Gasteiger partial charge in [0.25, 0.3) is 0 Å². The van der Waals surface area contributed by atoms with Crippen molar-refractivity contribution in [1.82, 2.24) is 9.71 Å². The maximum atomic E-state index is 12.1. The van der Waals surface area contributed by atoms with Gasteiger partial charge in [0.2, 0.25) is 10.0 Å². The molecule has 0 atom stereocenters. The van der Waals surface area contributed by atoms with Gasteiger partial charge in [0.15, 0.2) is 0 Å². The van der Waals surface area contributed by atoms with Gasteiger partial charge < -0.3 is 10.1 Å². The molecular weight excluding hydrogens is 266 g/mol. The first-order valence-electron chi connectivity index (χ1n) is 6.30. The van der Waals surface area contributed by atoms with Gasteiger partial charge in [-0.15, -0.1) is 0 Å². The summed E-state index contributed by atoms with van der Waals surface area (Å²) in [5.74, 6) is 0.671. The van der Waals surface area contributed by atoms with E-state index < -0.39 is 10.0 Å². The van der Waals surface area contributed by atoms with Gasteiger partial charge in [0.1, 0.15) is 10.7 Å². The zero-order chi connectivity index (χ0) is 13.9. The fraction of sp³-hybridized carbons (Fsp3) is 0.583. The summed E-state index contributed by atoms with van der Waals surface area (Å²) < 4.78 is 32.0. The van der Waals surface area contributed by atoms with Crippen molar-refractivity contribution in [3.8, 4) is 0 Å². The van der Waals surface area contributed by atoms with Crippen LogP contribution in [0.2, 0.25) is 0 Å². The number of rotatable bonds is 6. The number of aromatic nitrogens is 1. The van der Waals surface area contributed by atoms with Crippen LogP contribution in [-0.2, 0) is 14.8 Å². The van der Waals surface area contributed by atoms with Gasteiger partial charge in [-0.25, -0.2) is 18.1 Å². The quantitative estimate of drug-likeness (QED) is 0.814. The molecule has 1 aromatic rings. The van der Waals surface area contributed by atoms with Crippen LogP contribution in [-0.4, -0.2) is 39.2 Å². The molecule has 0 aliphatic heterocycles. The van der Waals surface area contributed by atoms with Gasteiger partial charge in [0, 0.05) is 25.9 Å². The lowest BCUT2D eigenvalue weighted by Crippen LogP contribution is -2.47. The minimum atomic E-state index is -3.48. The first kappa shape index (κ1) is 14.2. The topological polar surface area (TPSA) is 80.3 Å². The molecule has 0 bridgehead atoms. The molecular formula is C12H19N3O3S. The Morgan fingerprint density at radius 2 is 2.16 bits per heavy atom. The molecule has 1 aliphatic rings. The van der Waals surface area contributed by atoms with Crippen molar-refractivity contribution in [2.24, 2.45) is 0 Å². The van der Waals surface area contributed by atoms with Gasteiger partial charge in [0.05, 0.1) is 6.10 Å². The number of ether oxygens (including phenoxy) is 1. The van der Waals surface area contributed by atoms with E-state index in [1.807, 2.05) is 6.92 Å².